The van der Waals surface area contributed by atoms with Gasteiger partial charge in [-0.15, -0.1) is 0 Å². The molecule has 0 amide bonds. The van der Waals surface area contributed by atoms with Gasteiger partial charge in [0.2, 0.25) is 0 Å². The third kappa shape index (κ3) is 3.26. The molecule has 0 aliphatic rings. The summed E-state index contributed by atoms with van der Waals surface area (Å²) in [4.78, 5) is 4.12. The largest absolute Gasteiger partial charge is 0.323 e. The number of nitrogens with zero attached hydrogens (tertiary/aromatic N) is 2. The summed E-state index contributed by atoms with van der Waals surface area (Å²) in [6, 6.07) is 1.72. The molecule has 1 rings (SSSR count). The highest BCUT2D eigenvalue weighted by atomic mass is 32.2. The van der Waals surface area contributed by atoms with E-state index >= 15 is 0 Å². The van der Waals surface area contributed by atoms with Crippen molar-refractivity contribution in [2.45, 2.75) is 19.9 Å². The maximum absolute atomic E-state index is 11.1. The molecule has 0 aliphatic carbocycles. The second-order valence-corrected chi connectivity index (χ2v) is 4.25. The Morgan fingerprint density at radius 1 is 1.67 bits per heavy atom. The fourth-order valence-corrected chi connectivity index (χ4v) is 1.52. The lowest BCUT2D eigenvalue weighted by Crippen LogP contribution is -2.07. The van der Waals surface area contributed by atoms with E-state index in [9.17, 15) is 4.21 Å². The highest BCUT2D eigenvalue weighted by molar-refractivity contribution is 7.69. The van der Waals surface area contributed by atoms with Crippen molar-refractivity contribution in [3.63, 3.8) is 0 Å². The van der Waals surface area contributed by atoms with Crippen LogP contribution in [-0.4, -0.2) is 16.3 Å². The zero-order chi connectivity index (χ0) is 11.4. The van der Waals surface area contributed by atoms with Crippen molar-refractivity contribution in [2.75, 3.05) is 7.11 Å². The van der Waals surface area contributed by atoms with Gasteiger partial charge in [-0.25, -0.2) is 4.21 Å². The van der Waals surface area contributed by atoms with Gasteiger partial charge in [0.05, 0.1) is 24.7 Å². The first kappa shape index (κ1) is 12.1. The van der Waals surface area contributed by atoms with Crippen molar-refractivity contribution in [1.29, 1.82) is 0 Å². The number of aryl methyl sites for hydroxylation is 1. The molecule has 1 aromatic heterocycles. The number of rotatable bonds is 3. The van der Waals surface area contributed by atoms with E-state index in [1.165, 1.54) is 7.11 Å². The Morgan fingerprint density at radius 3 is 2.80 bits per heavy atom. The Hall–Kier alpha value is -0.980. The van der Waals surface area contributed by atoms with Crippen LogP contribution in [0.25, 0.3) is 0 Å². The van der Waals surface area contributed by atoms with E-state index in [0.29, 0.717) is 5.69 Å². The van der Waals surface area contributed by atoms with Gasteiger partial charge in [0.15, 0.2) is 10.9 Å². The van der Waals surface area contributed by atoms with Gasteiger partial charge >= 0.3 is 0 Å². The van der Waals surface area contributed by atoms with E-state index in [1.807, 2.05) is 19.9 Å². The zero-order valence-corrected chi connectivity index (χ0v) is 9.86. The minimum Gasteiger partial charge on any atom is -0.323 e. The van der Waals surface area contributed by atoms with Crippen molar-refractivity contribution in [1.82, 2.24) is 4.98 Å². The maximum atomic E-state index is 11.1. The van der Waals surface area contributed by atoms with Crippen LogP contribution < -0.4 is 5.73 Å². The first-order valence-electron chi connectivity index (χ1n) is 4.49. The standard InChI is InChI=1S/C9H15N3O2S/c1-6-4-8(7(2)10)11-5-9(6)12-15(13)14-3/h4-5,7,15H,10H2,1-3H3/t7-/m1/s1. The lowest BCUT2D eigenvalue weighted by Gasteiger charge is -2.06. The molecule has 2 atom stereocenters. The van der Waals surface area contributed by atoms with Crippen LogP contribution in [0.15, 0.2) is 16.6 Å². The summed E-state index contributed by atoms with van der Waals surface area (Å²) in [5.41, 5.74) is 7.93. The molecule has 0 aliphatic heterocycles. The SMILES string of the molecule is CO[SH](=O)=Nc1cnc([C@@H](C)N)cc1C. The van der Waals surface area contributed by atoms with E-state index in [0.717, 1.165) is 11.3 Å². The summed E-state index contributed by atoms with van der Waals surface area (Å²) in [6.45, 7) is 3.72. The van der Waals surface area contributed by atoms with E-state index in [4.69, 9.17) is 5.73 Å². The Balaban J connectivity index is 3.09. The molecule has 0 saturated heterocycles. The minimum atomic E-state index is -1.99. The highest BCUT2D eigenvalue weighted by Crippen LogP contribution is 2.20. The molecule has 15 heavy (non-hydrogen) atoms. The summed E-state index contributed by atoms with van der Waals surface area (Å²) in [7, 11) is -0.644. The van der Waals surface area contributed by atoms with Gasteiger partial charge in [-0.05, 0) is 25.5 Å². The number of aromatic nitrogens is 1. The number of hydrogen-bond acceptors (Lipinski definition) is 5. The first-order chi connectivity index (χ1) is 7.04. The molecule has 84 valence electrons. The van der Waals surface area contributed by atoms with Crippen LogP contribution in [0, 0.1) is 6.92 Å². The van der Waals surface area contributed by atoms with Crippen LogP contribution in [0.2, 0.25) is 0 Å². The van der Waals surface area contributed by atoms with Crippen molar-refractivity contribution in [2.24, 2.45) is 10.1 Å². The van der Waals surface area contributed by atoms with Crippen LogP contribution in [-0.2, 0) is 15.1 Å². The molecule has 1 unspecified atom stereocenters. The number of nitrogens with two attached hydrogens (primary N) is 1. The van der Waals surface area contributed by atoms with Crippen molar-refractivity contribution >= 4 is 16.6 Å². The fourth-order valence-electron chi connectivity index (χ4n) is 1.05. The van der Waals surface area contributed by atoms with Crippen LogP contribution in [0.1, 0.15) is 24.2 Å². The molecular formula is C9H15N3O2S. The summed E-state index contributed by atoms with van der Waals surface area (Å²) in [6.07, 6.45) is 1.56. The molecule has 6 heteroatoms. The van der Waals surface area contributed by atoms with Crippen LogP contribution in [0.4, 0.5) is 5.69 Å². The minimum absolute atomic E-state index is 0.117. The highest BCUT2D eigenvalue weighted by Gasteiger charge is 2.04. The van der Waals surface area contributed by atoms with Gasteiger partial charge in [-0.2, -0.15) is 4.36 Å². The fraction of sp³-hybridized carbons (Fsp3) is 0.444. The molecule has 0 aromatic carbocycles. The van der Waals surface area contributed by atoms with Gasteiger partial charge in [-0.3, -0.25) is 9.17 Å². The summed E-state index contributed by atoms with van der Waals surface area (Å²) >= 11 is 0. The normalized spacial score (nSPS) is 15.2. The van der Waals surface area contributed by atoms with Gasteiger partial charge in [0.1, 0.15) is 0 Å². The second-order valence-electron chi connectivity index (χ2n) is 3.20. The molecule has 1 heterocycles. The van der Waals surface area contributed by atoms with E-state index in [-0.39, 0.29) is 6.04 Å². The average molecular weight is 229 g/mol. The first-order valence-corrected chi connectivity index (χ1v) is 5.62. The predicted molar refractivity (Wildman–Crippen MR) is 60.2 cm³/mol. The molecule has 0 radical (unpaired) electrons. The monoisotopic (exact) mass is 229 g/mol. The van der Waals surface area contributed by atoms with Crippen molar-refractivity contribution < 1.29 is 8.39 Å². The zero-order valence-electron chi connectivity index (χ0n) is 8.97. The predicted octanol–water partition coefficient (Wildman–Crippen LogP) is 1.27. The number of pyridine rings is 1. The molecule has 0 saturated carbocycles. The van der Waals surface area contributed by atoms with Crippen LogP contribution in [0.3, 0.4) is 0 Å². The van der Waals surface area contributed by atoms with Crippen LogP contribution >= 0.6 is 0 Å². The van der Waals surface area contributed by atoms with Crippen LogP contribution in [0.5, 0.6) is 0 Å². The third-order valence-electron chi connectivity index (χ3n) is 1.92. The van der Waals surface area contributed by atoms with E-state index in [2.05, 4.69) is 13.5 Å². The Labute approximate surface area is 91.1 Å². The number of thiol groups is 1. The summed E-state index contributed by atoms with van der Waals surface area (Å²) in [5.74, 6) is 0. The topological polar surface area (TPSA) is 77.6 Å². The maximum Gasteiger partial charge on any atom is 0.157 e. The molecule has 0 fully saturated rings. The van der Waals surface area contributed by atoms with Gasteiger partial charge < -0.3 is 5.73 Å². The third-order valence-corrected chi connectivity index (χ3v) is 2.61. The van der Waals surface area contributed by atoms with E-state index in [1.54, 1.807) is 6.20 Å². The second kappa shape index (κ2) is 5.20. The smallest absolute Gasteiger partial charge is 0.157 e. The molecule has 0 spiro atoms. The lowest BCUT2D eigenvalue weighted by molar-refractivity contribution is 0.453. The van der Waals surface area contributed by atoms with Gasteiger partial charge in [-0.1, -0.05) is 0 Å². The van der Waals surface area contributed by atoms with Crippen molar-refractivity contribution in [3.8, 4) is 0 Å². The lowest BCUT2D eigenvalue weighted by atomic mass is 10.1. The van der Waals surface area contributed by atoms with Crippen molar-refractivity contribution in [3.05, 3.63) is 23.5 Å². The Kier molecular flexibility index (Phi) is 4.19. The van der Waals surface area contributed by atoms with Gasteiger partial charge in [0.25, 0.3) is 0 Å². The molecule has 2 N–H and O–H groups in total. The quantitative estimate of drug-likeness (QED) is 0.765. The van der Waals surface area contributed by atoms with Gasteiger partial charge in [0, 0.05) is 6.04 Å². The number of hydrogen-bond donors (Lipinski definition) is 2. The van der Waals surface area contributed by atoms with E-state index < -0.39 is 10.9 Å². The Morgan fingerprint density at radius 2 is 2.33 bits per heavy atom. The molecule has 1 aromatic rings. The molecule has 5 nitrogen and oxygen atoms in total. The summed E-state index contributed by atoms with van der Waals surface area (Å²) < 4.78 is 19.5. The molecule has 0 bridgehead atoms. The molecular weight excluding hydrogens is 214 g/mol. The average Bonchev–Trinajstić information content (AvgIpc) is 2.20. The Bertz CT molecular complexity index is 425. The summed E-state index contributed by atoms with van der Waals surface area (Å²) in [5, 5.41) is 0.